The molecule has 0 spiro atoms. The third kappa shape index (κ3) is 3.55. The van der Waals surface area contributed by atoms with Gasteiger partial charge in [0.25, 0.3) is 0 Å². The maximum Gasteiger partial charge on any atom is 0.226 e. The summed E-state index contributed by atoms with van der Waals surface area (Å²) in [7, 11) is 0. The largest absolute Gasteiger partial charge is 0.328 e. The summed E-state index contributed by atoms with van der Waals surface area (Å²) in [5, 5.41) is 9.59. The van der Waals surface area contributed by atoms with Gasteiger partial charge >= 0.3 is 0 Å². The van der Waals surface area contributed by atoms with Crippen LogP contribution in [0.15, 0.2) is 53.7 Å². The third-order valence-corrected chi connectivity index (χ3v) is 6.79. The molecule has 0 radical (unpaired) electrons. The number of benzene rings is 2. The minimum absolute atomic E-state index is 0.0981. The van der Waals surface area contributed by atoms with Crippen molar-refractivity contribution in [3.8, 4) is 11.4 Å². The quantitative estimate of drug-likeness (QED) is 0.457. The summed E-state index contributed by atoms with van der Waals surface area (Å²) < 4.78 is 1.74. The molecule has 2 heterocycles. The van der Waals surface area contributed by atoms with Gasteiger partial charge in [0.2, 0.25) is 5.95 Å². The second-order valence-electron chi connectivity index (χ2n) is 8.71. The lowest BCUT2D eigenvalue weighted by atomic mass is 9.73. The number of halogens is 3. The highest BCUT2D eigenvalue weighted by Gasteiger charge is 2.42. The number of nitrogens with one attached hydrogen (secondary N) is 1. The number of hydrogen-bond acceptors (Lipinski definition) is 4. The van der Waals surface area contributed by atoms with Crippen molar-refractivity contribution in [3.63, 3.8) is 0 Å². The van der Waals surface area contributed by atoms with Crippen molar-refractivity contribution in [2.24, 2.45) is 5.41 Å². The van der Waals surface area contributed by atoms with E-state index in [2.05, 4.69) is 19.2 Å². The maximum atomic E-state index is 13.3. The van der Waals surface area contributed by atoms with Gasteiger partial charge in [-0.05, 0) is 36.1 Å². The lowest BCUT2D eigenvalue weighted by Crippen LogP contribution is -2.36. The Bertz CT molecular complexity index is 1260. The standard InChI is InChI=1S/C23H19Cl3N4O/c1-23(2)10-17-19(18(31)11-23)20(13-5-3-4-6-14(13)24)30-22(27-17)28-21(29-30)12-7-8-15(25)16(26)9-12/h3-9,20H,10-11H2,1-2H3,(H,27,28,29). The van der Waals surface area contributed by atoms with Crippen molar-refractivity contribution in [1.82, 2.24) is 14.8 Å². The highest BCUT2D eigenvalue weighted by atomic mass is 35.5. The number of allylic oxidation sites excluding steroid dienone is 2. The number of carbonyl (C=O) groups excluding carboxylic acids is 1. The average molecular weight is 474 g/mol. The molecule has 8 heteroatoms. The number of Topliss-reactive ketones (excluding diaryl/α,β-unsaturated/α-hetero) is 1. The fourth-order valence-corrected chi connectivity index (χ4v) is 4.89. The molecule has 5 rings (SSSR count). The smallest absolute Gasteiger partial charge is 0.226 e. The first-order valence-corrected chi connectivity index (χ1v) is 11.1. The van der Waals surface area contributed by atoms with E-state index in [1.165, 1.54) is 0 Å². The average Bonchev–Trinajstić information content (AvgIpc) is 3.12. The summed E-state index contributed by atoms with van der Waals surface area (Å²) in [5.41, 5.74) is 3.00. The molecular formula is C23H19Cl3N4O. The Morgan fingerprint density at radius 1 is 1.03 bits per heavy atom. The van der Waals surface area contributed by atoms with E-state index in [1.54, 1.807) is 16.8 Å². The third-order valence-electron chi connectivity index (χ3n) is 5.71. The van der Waals surface area contributed by atoms with Gasteiger partial charge in [-0.25, -0.2) is 4.68 Å². The van der Waals surface area contributed by atoms with Crippen LogP contribution in [0.2, 0.25) is 15.1 Å². The van der Waals surface area contributed by atoms with Gasteiger partial charge in [0.1, 0.15) is 6.04 Å². The molecule has 0 saturated heterocycles. The van der Waals surface area contributed by atoms with Crippen LogP contribution in [0, 0.1) is 5.41 Å². The molecule has 3 aromatic rings. The van der Waals surface area contributed by atoms with E-state index >= 15 is 0 Å². The van der Waals surface area contributed by atoms with E-state index in [-0.39, 0.29) is 11.2 Å². The van der Waals surface area contributed by atoms with Gasteiger partial charge < -0.3 is 5.32 Å². The molecule has 0 saturated carbocycles. The van der Waals surface area contributed by atoms with Crippen molar-refractivity contribution in [1.29, 1.82) is 0 Å². The zero-order valence-electron chi connectivity index (χ0n) is 16.9. The van der Waals surface area contributed by atoms with Crippen LogP contribution in [0.4, 0.5) is 5.95 Å². The molecule has 0 bridgehead atoms. The van der Waals surface area contributed by atoms with E-state index in [0.717, 1.165) is 23.2 Å². The van der Waals surface area contributed by atoms with E-state index in [1.807, 2.05) is 30.3 Å². The van der Waals surface area contributed by atoms with Gasteiger partial charge in [0.05, 0.1) is 10.0 Å². The Morgan fingerprint density at radius 2 is 1.81 bits per heavy atom. The van der Waals surface area contributed by atoms with Gasteiger partial charge in [-0.1, -0.05) is 66.8 Å². The molecule has 158 valence electrons. The fraction of sp³-hybridized carbons (Fsp3) is 0.261. The molecule has 1 aliphatic carbocycles. The Kier molecular flexibility index (Phi) is 4.88. The first-order chi connectivity index (χ1) is 14.7. The number of hydrogen-bond donors (Lipinski definition) is 1. The SMILES string of the molecule is CC1(C)CC(=O)C2=C(C1)Nc1nc(-c3ccc(Cl)c(Cl)c3)nn1C2c1ccccc1Cl. The van der Waals surface area contributed by atoms with Gasteiger partial charge in [-0.3, -0.25) is 4.79 Å². The number of anilines is 1. The van der Waals surface area contributed by atoms with Crippen LogP contribution in [0.5, 0.6) is 0 Å². The Balaban J connectivity index is 1.70. The monoisotopic (exact) mass is 472 g/mol. The predicted molar refractivity (Wildman–Crippen MR) is 124 cm³/mol. The highest BCUT2D eigenvalue weighted by molar-refractivity contribution is 6.42. The summed E-state index contributed by atoms with van der Waals surface area (Å²) in [6, 6.07) is 12.4. The van der Waals surface area contributed by atoms with Crippen molar-refractivity contribution in [2.45, 2.75) is 32.7 Å². The van der Waals surface area contributed by atoms with Crippen LogP contribution in [-0.2, 0) is 4.79 Å². The molecule has 5 nitrogen and oxygen atoms in total. The molecule has 1 atom stereocenters. The molecule has 0 fully saturated rings. The lowest BCUT2D eigenvalue weighted by molar-refractivity contribution is -0.118. The normalized spacial score (nSPS) is 19.6. The number of carbonyl (C=O) groups is 1. The summed E-state index contributed by atoms with van der Waals surface area (Å²) in [4.78, 5) is 18.0. The molecule has 0 amide bonds. The Morgan fingerprint density at radius 3 is 2.55 bits per heavy atom. The number of ketones is 1. The van der Waals surface area contributed by atoms with Crippen molar-refractivity contribution in [2.75, 3.05) is 5.32 Å². The van der Waals surface area contributed by atoms with Gasteiger partial charge in [0, 0.05) is 33.8 Å². The fourth-order valence-electron chi connectivity index (χ4n) is 4.35. The maximum absolute atomic E-state index is 13.3. The van der Waals surface area contributed by atoms with Gasteiger partial charge in [-0.15, -0.1) is 5.10 Å². The van der Waals surface area contributed by atoms with Crippen molar-refractivity contribution < 1.29 is 4.79 Å². The summed E-state index contributed by atoms with van der Waals surface area (Å²) in [6.45, 7) is 4.20. The first kappa shape index (κ1) is 20.6. The van der Waals surface area contributed by atoms with Crippen LogP contribution in [-0.4, -0.2) is 20.5 Å². The van der Waals surface area contributed by atoms with Crippen LogP contribution < -0.4 is 5.32 Å². The van der Waals surface area contributed by atoms with Crippen LogP contribution in [0.25, 0.3) is 11.4 Å². The molecule has 2 aliphatic rings. The zero-order valence-corrected chi connectivity index (χ0v) is 19.2. The summed E-state index contributed by atoms with van der Waals surface area (Å²) in [6.07, 6.45) is 1.21. The molecule has 1 N–H and O–H groups in total. The van der Waals surface area contributed by atoms with E-state index in [0.29, 0.717) is 38.8 Å². The van der Waals surface area contributed by atoms with Crippen molar-refractivity contribution >= 4 is 46.5 Å². The first-order valence-electron chi connectivity index (χ1n) is 9.93. The van der Waals surface area contributed by atoms with Gasteiger partial charge in [-0.2, -0.15) is 4.98 Å². The zero-order chi connectivity index (χ0) is 21.9. The number of fused-ring (bicyclic) bond motifs is 1. The van der Waals surface area contributed by atoms with Crippen LogP contribution in [0.3, 0.4) is 0 Å². The number of rotatable bonds is 2. The second kappa shape index (κ2) is 7.37. The summed E-state index contributed by atoms with van der Waals surface area (Å²) >= 11 is 18.8. The number of aromatic nitrogens is 3. The lowest BCUT2D eigenvalue weighted by Gasteiger charge is -2.38. The molecule has 1 unspecified atom stereocenters. The Hall–Kier alpha value is -2.34. The van der Waals surface area contributed by atoms with E-state index in [4.69, 9.17) is 44.9 Å². The predicted octanol–water partition coefficient (Wildman–Crippen LogP) is 6.56. The van der Waals surface area contributed by atoms with Crippen LogP contribution >= 0.6 is 34.8 Å². The molecule has 31 heavy (non-hydrogen) atoms. The molecule has 2 aromatic carbocycles. The molecule has 1 aromatic heterocycles. The molecule has 1 aliphatic heterocycles. The van der Waals surface area contributed by atoms with Gasteiger partial charge in [0.15, 0.2) is 11.6 Å². The number of nitrogens with zero attached hydrogens (tertiary/aromatic N) is 3. The van der Waals surface area contributed by atoms with Crippen molar-refractivity contribution in [3.05, 3.63) is 74.4 Å². The highest BCUT2D eigenvalue weighted by Crippen LogP contribution is 2.46. The minimum atomic E-state index is -0.451. The molecular weight excluding hydrogens is 455 g/mol. The minimum Gasteiger partial charge on any atom is -0.328 e. The van der Waals surface area contributed by atoms with E-state index in [9.17, 15) is 4.79 Å². The van der Waals surface area contributed by atoms with E-state index < -0.39 is 6.04 Å². The summed E-state index contributed by atoms with van der Waals surface area (Å²) in [5.74, 6) is 1.15. The Labute approximate surface area is 195 Å². The topological polar surface area (TPSA) is 59.8 Å². The van der Waals surface area contributed by atoms with Crippen LogP contribution in [0.1, 0.15) is 38.3 Å². The second-order valence-corrected chi connectivity index (χ2v) is 9.94.